The Morgan fingerprint density at radius 2 is 1.36 bits per heavy atom. The van der Waals surface area contributed by atoms with Crippen LogP contribution < -0.4 is 15.0 Å². The molecule has 0 aliphatic rings. The van der Waals surface area contributed by atoms with E-state index in [1.807, 2.05) is 48.5 Å². The smallest absolute Gasteiger partial charge is 0.269 e. The largest absolute Gasteiger partial charge is 0.494 e. The van der Waals surface area contributed by atoms with Gasteiger partial charge in [-0.2, -0.15) is 5.11 Å². The molecule has 0 aliphatic heterocycles. The van der Waals surface area contributed by atoms with Crippen LogP contribution in [0.4, 0.5) is 39.8 Å². The van der Waals surface area contributed by atoms with Gasteiger partial charge in [-0.3, -0.25) is 14.9 Å². The van der Waals surface area contributed by atoms with Crippen LogP contribution in [0.5, 0.6) is 5.75 Å². The molecule has 0 aromatic heterocycles. The Morgan fingerprint density at radius 3 is 1.93 bits per heavy atom. The maximum Gasteiger partial charge on any atom is 0.269 e. The van der Waals surface area contributed by atoms with Crippen LogP contribution in [0, 0.1) is 10.1 Å². The first kappa shape index (κ1) is 30.5. The van der Waals surface area contributed by atoms with Gasteiger partial charge < -0.3 is 15.0 Å². The zero-order valence-corrected chi connectivity index (χ0v) is 25.0. The van der Waals surface area contributed by atoms with E-state index in [-0.39, 0.29) is 11.6 Å². The predicted molar refractivity (Wildman–Crippen MR) is 176 cm³/mol. The number of azo groups is 2. The van der Waals surface area contributed by atoms with Gasteiger partial charge in [0.05, 0.1) is 40.5 Å². The van der Waals surface area contributed by atoms with Crippen molar-refractivity contribution in [2.45, 2.75) is 13.8 Å². The van der Waals surface area contributed by atoms with Crippen LogP contribution in [0.2, 0.25) is 0 Å². The number of nitrogens with zero attached hydrogens (tertiary/aromatic N) is 6. The average Bonchev–Trinajstić information content (AvgIpc) is 3.08. The molecule has 0 radical (unpaired) electrons. The van der Waals surface area contributed by atoms with Crippen LogP contribution in [0.25, 0.3) is 10.8 Å². The molecule has 1 N–H and O–H groups in total. The van der Waals surface area contributed by atoms with E-state index in [1.54, 1.807) is 49.6 Å². The molecular weight excluding hydrogens is 570 g/mol. The third-order valence-electron chi connectivity index (χ3n) is 7.16. The van der Waals surface area contributed by atoms with E-state index in [9.17, 15) is 14.9 Å². The number of amides is 1. The molecule has 0 heterocycles. The van der Waals surface area contributed by atoms with Crippen LogP contribution in [0.3, 0.4) is 0 Å². The lowest BCUT2D eigenvalue weighted by Gasteiger charge is -2.24. The van der Waals surface area contributed by atoms with Crippen molar-refractivity contribution in [3.8, 4) is 5.75 Å². The molecule has 0 fully saturated rings. The Hall–Kier alpha value is -5.97. The minimum Gasteiger partial charge on any atom is -0.494 e. The van der Waals surface area contributed by atoms with Gasteiger partial charge >= 0.3 is 0 Å². The number of nitro benzene ring substituents is 1. The quantitative estimate of drug-likeness (QED) is 0.0913. The number of rotatable bonds is 11. The molecule has 11 nitrogen and oxygen atoms in total. The van der Waals surface area contributed by atoms with E-state index >= 15 is 0 Å². The van der Waals surface area contributed by atoms with Gasteiger partial charge in [0.1, 0.15) is 11.4 Å². The van der Waals surface area contributed by atoms with Gasteiger partial charge in [-0.25, -0.2) is 0 Å². The summed E-state index contributed by atoms with van der Waals surface area (Å²) in [7, 11) is 1.60. The zero-order chi connectivity index (χ0) is 31.8. The SMILES string of the molecule is CCN(CC)c1cc(NC(=O)c2ccccc2)c(N=Nc2ccc(N=Nc3ccc([N+](=O)[O-])cc3)c3ccccc23)cc1OC. The highest BCUT2D eigenvalue weighted by atomic mass is 16.6. The van der Waals surface area contributed by atoms with Gasteiger partial charge in [-0.05, 0) is 56.3 Å². The highest BCUT2D eigenvalue weighted by Gasteiger charge is 2.17. The summed E-state index contributed by atoms with van der Waals surface area (Å²) < 4.78 is 5.72. The number of nitro groups is 1. The molecule has 45 heavy (non-hydrogen) atoms. The van der Waals surface area contributed by atoms with Crippen LogP contribution in [0.15, 0.2) is 124 Å². The number of fused-ring (bicyclic) bond motifs is 1. The molecule has 1 amide bonds. The summed E-state index contributed by atoms with van der Waals surface area (Å²) in [4.78, 5) is 25.8. The Kier molecular flexibility index (Phi) is 9.49. The fourth-order valence-corrected chi connectivity index (χ4v) is 4.80. The van der Waals surface area contributed by atoms with Crippen molar-refractivity contribution in [2.75, 3.05) is 30.4 Å². The van der Waals surface area contributed by atoms with Crippen molar-refractivity contribution >= 4 is 56.5 Å². The van der Waals surface area contributed by atoms with E-state index in [4.69, 9.17) is 4.74 Å². The second kappa shape index (κ2) is 14.0. The van der Waals surface area contributed by atoms with Crippen molar-refractivity contribution < 1.29 is 14.5 Å². The van der Waals surface area contributed by atoms with Crippen molar-refractivity contribution in [2.24, 2.45) is 20.5 Å². The maximum absolute atomic E-state index is 13.2. The molecule has 0 unspecified atom stereocenters. The molecule has 5 rings (SSSR count). The summed E-state index contributed by atoms with van der Waals surface area (Å²) in [6, 6.07) is 29.6. The molecule has 11 heteroatoms. The van der Waals surface area contributed by atoms with Gasteiger partial charge in [0.25, 0.3) is 11.6 Å². The van der Waals surface area contributed by atoms with E-state index in [0.717, 1.165) is 29.5 Å². The van der Waals surface area contributed by atoms with Crippen molar-refractivity contribution in [3.05, 3.63) is 119 Å². The molecule has 0 aliphatic carbocycles. The minimum atomic E-state index is -0.461. The van der Waals surface area contributed by atoms with Gasteiger partial charge in [-0.1, -0.05) is 42.5 Å². The average molecular weight is 602 g/mol. The molecule has 0 saturated carbocycles. The second-order valence-corrected chi connectivity index (χ2v) is 9.86. The lowest BCUT2D eigenvalue weighted by Crippen LogP contribution is -2.23. The molecule has 0 saturated heterocycles. The van der Waals surface area contributed by atoms with E-state index in [2.05, 4.69) is 44.5 Å². The first-order valence-corrected chi connectivity index (χ1v) is 14.3. The summed E-state index contributed by atoms with van der Waals surface area (Å²) in [5, 5.41) is 33.4. The van der Waals surface area contributed by atoms with E-state index in [0.29, 0.717) is 39.7 Å². The maximum atomic E-state index is 13.2. The van der Waals surface area contributed by atoms with E-state index in [1.165, 1.54) is 12.1 Å². The molecule has 0 bridgehead atoms. The van der Waals surface area contributed by atoms with E-state index < -0.39 is 4.92 Å². The standard InChI is InChI=1S/C34H31N7O4/c1-4-40(5-2)32-21-30(35-34(42)23-11-7-6-8-12-23)31(22-33(32)45-3)39-38-29-20-19-28(26-13-9-10-14-27(26)29)37-36-24-15-17-25(18-16-24)41(43)44/h6-22H,4-5H2,1-3H3,(H,35,42). The number of hydrogen-bond donors (Lipinski definition) is 1. The van der Waals surface area contributed by atoms with Crippen LogP contribution in [-0.4, -0.2) is 31.0 Å². The fourth-order valence-electron chi connectivity index (χ4n) is 4.80. The highest BCUT2D eigenvalue weighted by Crippen LogP contribution is 2.41. The van der Waals surface area contributed by atoms with Gasteiger partial charge in [0.15, 0.2) is 0 Å². The Labute approximate surface area is 260 Å². The van der Waals surface area contributed by atoms with Crippen molar-refractivity contribution in [1.82, 2.24) is 0 Å². The molecule has 5 aromatic rings. The van der Waals surface area contributed by atoms with Crippen LogP contribution in [0.1, 0.15) is 24.2 Å². The van der Waals surface area contributed by atoms with Crippen molar-refractivity contribution in [3.63, 3.8) is 0 Å². The normalized spacial score (nSPS) is 11.3. The van der Waals surface area contributed by atoms with Crippen LogP contribution >= 0.6 is 0 Å². The molecular formula is C34H31N7O4. The lowest BCUT2D eigenvalue weighted by molar-refractivity contribution is -0.384. The molecule has 0 spiro atoms. The number of methoxy groups -OCH3 is 1. The van der Waals surface area contributed by atoms with Gasteiger partial charge in [-0.15, -0.1) is 15.3 Å². The third kappa shape index (κ3) is 6.99. The third-order valence-corrected chi connectivity index (χ3v) is 7.16. The zero-order valence-electron chi connectivity index (χ0n) is 25.0. The monoisotopic (exact) mass is 601 g/mol. The van der Waals surface area contributed by atoms with Crippen LogP contribution in [-0.2, 0) is 0 Å². The Bertz CT molecular complexity index is 1890. The lowest BCUT2D eigenvalue weighted by atomic mass is 10.1. The molecule has 5 aromatic carbocycles. The first-order chi connectivity index (χ1) is 21.9. The second-order valence-electron chi connectivity index (χ2n) is 9.86. The Balaban J connectivity index is 1.52. The number of carbonyl (C=O) groups excluding carboxylic acids is 1. The highest BCUT2D eigenvalue weighted by molar-refractivity contribution is 6.06. The summed E-state index contributed by atoms with van der Waals surface area (Å²) >= 11 is 0. The number of benzene rings is 5. The van der Waals surface area contributed by atoms with Crippen molar-refractivity contribution in [1.29, 1.82) is 0 Å². The number of carbonyl (C=O) groups is 1. The molecule has 226 valence electrons. The molecule has 0 atom stereocenters. The summed E-state index contributed by atoms with van der Waals surface area (Å²) in [6.07, 6.45) is 0. The Morgan fingerprint density at radius 1 is 0.778 bits per heavy atom. The fraction of sp³-hybridized carbons (Fsp3) is 0.147. The number of nitrogens with one attached hydrogen (secondary N) is 1. The summed E-state index contributed by atoms with van der Waals surface area (Å²) in [5.74, 6) is 0.341. The first-order valence-electron chi connectivity index (χ1n) is 14.3. The van der Waals surface area contributed by atoms with Gasteiger partial charge in [0, 0.05) is 47.6 Å². The number of non-ortho nitro benzene ring substituents is 1. The summed E-state index contributed by atoms with van der Waals surface area (Å²) in [6.45, 7) is 5.61. The minimum absolute atomic E-state index is 0.0165. The van der Waals surface area contributed by atoms with Gasteiger partial charge in [0.2, 0.25) is 0 Å². The predicted octanol–water partition coefficient (Wildman–Crippen LogP) is 9.69. The number of hydrogen-bond acceptors (Lipinski definition) is 9. The summed E-state index contributed by atoms with van der Waals surface area (Å²) in [5.41, 5.74) is 3.93. The number of ether oxygens (including phenoxy) is 1. The topological polar surface area (TPSA) is 134 Å². The number of anilines is 2.